The third kappa shape index (κ3) is 5.27. The summed E-state index contributed by atoms with van der Waals surface area (Å²) in [4.78, 5) is 20.9. The van der Waals surface area contributed by atoms with E-state index in [4.69, 9.17) is 14.7 Å². The zero-order chi connectivity index (χ0) is 26.5. The van der Waals surface area contributed by atoms with Gasteiger partial charge < -0.3 is 9.64 Å². The van der Waals surface area contributed by atoms with Crippen LogP contribution in [0.5, 0.6) is 5.88 Å². The van der Waals surface area contributed by atoms with Crippen molar-refractivity contribution in [3.05, 3.63) is 28.3 Å². The summed E-state index contributed by atoms with van der Waals surface area (Å²) < 4.78 is 30.7. The number of hydrogen-bond acceptors (Lipinski definition) is 9. The number of thiophene rings is 1. The van der Waals surface area contributed by atoms with Gasteiger partial charge in [-0.2, -0.15) is 0 Å². The molecule has 1 spiro atoms. The van der Waals surface area contributed by atoms with E-state index in [0.717, 1.165) is 73.0 Å². The summed E-state index contributed by atoms with van der Waals surface area (Å²) in [6.45, 7) is 7.34. The van der Waals surface area contributed by atoms with Crippen molar-refractivity contribution >= 4 is 37.3 Å². The molecule has 3 aliphatic rings. The molecule has 0 atom stereocenters. The van der Waals surface area contributed by atoms with E-state index >= 15 is 0 Å². The number of nitrogens with zero attached hydrogens (tertiary/aromatic N) is 5. The van der Waals surface area contributed by atoms with Gasteiger partial charge in [-0.25, -0.2) is 23.4 Å². The largest absolute Gasteiger partial charge is 0.481 e. The lowest BCUT2D eigenvalue weighted by atomic mass is 9.93. The van der Waals surface area contributed by atoms with Crippen LogP contribution in [0.2, 0.25) is 0 Å². The summed E-state index contributed by atoms with van der Waals surface area (Å²) in [7, 11) is -1.74. The Balaban J connectivity index is 1.44. The van der Waals surface area contributed by atoms with Gasteiger partial charge in [-0.3, -0.25) is 4.90 Å². The number of sulfone groups is 1. The van der Waals surface area contributed by atoms with Gasteiger partial charge in [-0.05, 0) is 76.4 Å². The molecule has 1 saturated carbocycles. The van der Waals surface area contributed by atoms with Crippen molar-refractivity contribution in [3.63, 3.8) is 0 Å². The van der Waals surface area contributed by atoms with Crippen LogP contribution in [0.4, 0.5) is 5.95 Å². The lowest BCUT2D eigenvalue weighted by molar-refractivity contribution is 0.166. The summed E-state index contributed by atoms with van der Waals surface area (Å²) in [5, 5.41) is 0. The Kier molecular flexibility index (Phi) is 6.85. The maximum Gasteiger partial charge on any atom is 0.226 e. The number of rotatable bonds is 7. The third-order valence-electron chi connectivity index (χ3n) is 8.52. The van der Waals surface area contributed by atoms with Gasteiger partial charge in [0.25, 0.3) is 0 Å². The molecule has 5 heterocycles. The average molecular weight is 556 g/mol. The van der Waals surface area contributed by atoms with Crippen molar-refractivity contribution in [2.45, 2.75) is 64.2 Å². The molecule has 204 valence electrons. The van der Waals surface area contributed by atoms with Crippen LogP contribution in [0.3, 0.4) is 0 Å². The van der Waals surface area contributed by atoms with Crippen LogP contribution >= 0.6 is 11.3 Å². The number of hydrogen-bond donors (Lipinski definition) is 0. The van der Waals surface area contributed by atoms with Gasteiger partial charge in [-0.1, -0.05) is 0 Å². The van der Waals surface area contributed by atoms with Crippen LogP contribution in [0, 0.1) is 12.3 Å². The number of methoxy groups -OCH3 is 1. The van der Waals surface area contributed by atoms with E-state index in [1.807, 2.05) is 6.07 Å². The average Bonchev–Trinajstić information content (AvgIpc) is 3.59. The van der Waals surface area contributed by atoms with E-state index in [0.29, 0.717) is 16.9 Å². The van der Waals surface area contributed by atoms with Crippen LogP contribution in [0.15, 0.2) is 12.3 Å². The van der Waals surface area contributed by atoms with Gasteiger partial charge in [0, 0.05) is 53.7 Å². The topological polar surface area (TPSA) is 88.5 Å². The molecule has 2 saturated heterocycles. The van der Waals surface area contributed by atoms with E-state index in [1.165, 1.54) is 55.9 Å². The number of ether oxygens (including phenoxy) is 1. The number of likely N-dealkylation sites (tertiary alicyclic amines) is 1. The molecule has 8 nitrogen and oxygen atoms in total. The molecule has 10 heteroatoms. The number of aryl methyl sites for hydroxylation is 1. The van der Waals surface area contributed by atoms with Crippen LogP contribution in [-0.4, -0.2) is 67.8 Å². The SMILES string of the molecule is COc1ncc(-c2nc(N3CCCCC3)nc3c(CN4CCC5(CC4)CC5)c(C)sc23)cc1CS(C)(=O)=O. The fourth-order valence-electron chi connectivity index (χ4n) is 6.02. The molecular formula is C28H37N5O3S2. The molecule has 0 amide bonds. The predicted molar refractivity (Wildman–Crippen MR) is 153 cm³/mol. The number of aromatic nitrogens is 3. The van der Waals surface area contributed by atoms with E-state index in [9.17, 15) is 8.42 Å². The maximum absolute atomic E-state index is 12.2. The number of anilines is 1. The molecule has 2 aliphatic heterocycles. The highest BCUT2D eigenvalue weighted by Gasteiger charge is 2.44. The summed E-state index contributed by atoms with van der Waals surface area (Å²) >= 11 is 1.74. The Labute approximate surface area is 229 Å². The van der Waals surface area contributed by atoms with Crippen molar-refractivity contribution < 1.29 is 13.2 Å². The van der Waals surface area contributed by atoms with Crippen molar-refractivity contribution in [2.75, 3.05) is 44.4 Å². The molecule has 1 aliphatic carbocycles. The molecule has 0 bridgehead atoms. The molecule has 0 unspecified atom stereocenters. The molecule has 3 aromatic rings. The minimum atomic E-state index is -3.26. The van der Waals surface area contributed by atoms with Crippen LogP contribution in [-0.2, 0) is 22.1 Å². The van der Waals surface area contributed by atoms with Gasteiger partial charge in [0.05, 0.1) is 28.8 Å². The van der Waals surface area contributed by atoms with Crippen LogP contribution < -0.4 is 9.64 Å². The predicted octanol–water partition coefficient (Wildman–Crippen LogP) is 4.98. The first-order valence-electron chi connectivity index (χ1n) is 13.7. The fraction of sp³-hybridized carbons (Fsp3) is 0.607. The van der Waals surface area contributed by atoms with E-state index in [1.54, 1.807) is 17.5 Å². The highest BCUT2D eigenvalue weighted by atomic mass is 32.2. The van der Waals surface area contributed by atoms with Gasteiger partial charge in [-0.15, -0.1) is 11.3 Å². The zero-order valence-electron chi connectivity index (χ0n) is 22.6. The Morgan fingerprint density at radius 3 is 2.45 bits per heavy atom. The second-order valence-electron chi connectivity index (χ2n) is 11.5. The summed E-state index contributed by atoms with van der Waals surface area (Å²) in [5.74, 6) is 0.972. The smallest absolute Gasteiger partial charge is 0.226 e. The normalized spacial score (nSPS) is 19.8. The quantitative estimate of drug-likeness (QED) is 0.403. The summed E-state index contributed by atoms with van der Waals surface area (Å²) in [5.41, 5.74) is 5.17. The molecule has 0 N–H and O–H groups in total. The van der Waals surface area contributed by atoms with E-state index in [2.05, 4.69) is 21.7 Å². The van der Waals surface area contributed by atoms with Crippen molar-refractivity contribution in [1.29, 1.82) is 0 Å². The first-order chi connectivity index (χ1) is 18.2. The monoisotopic (exact) mass is 555 g/mol. The first kappa shape index (κ1) is 26.0. The Morgan fingerprint density at radius 1 is 1.05 bits per heavy atom. The number of pyridine rings is 1. The van der Waals surface area contributed by atoms with E-state index in [-0.39, 0.29) is 5.75 Å². The minimum Gasteiger partial charge on any atom is -0.481 e. The third-order valence-corrected chi connectivity index (χ3v) is 10.5. The maximum atomic E-state index is 12.2. The Bertz CT molecular complexity index is 1450. The summed E-state index contributed by atoms with van der Waals surface area (Å²) in [6.07, 6.45) is 12.0. The second kappa shape index (κ2) is 10.0. The van der Waals surface area contributed by atoms with Crippen LogP contribution in [0.1, 0.15) is 60.9 Å². The summed E-state index contributed by atoms with van der Waals surface area (Å²) in [6, 6.07) is 1.88. The molecule has 0 radical (unpaired) electrons. The van der Waals surface area contributed by atoms with Gasteiger partial charge >= 0.3 is 0 Å². The Morgan fingerprint density at radius 2 is 1.79 bits per heavy atom. The molecular weight excluding hydrogens is 518 g/mol. The van der Waals surface area contributed by atoms with Crippen molar-refractivity contribution in [1.82, 2.24) is 19.9 Å². The minimum absolute atomic E-state index is 0.130. The van der Waals surface area contributed by atoms with Crippen LogP contribution in [0.25, 0.3) is 21.5 Å². The lowest BCUT2D eigenvalue weighted by Crippen LogP contribution is -2.34. The second-order valence-corrected chi connectivity index (χ2v) is 14.8. The number of piperidine rings is 2. The zero-order valence-corrected chi connectivity index (χ0v) is 24.3. The van der Waals surface area contributed by atoms with Gasteiger partial charge in [0.1, 0.15) is 0 Å². The highest BCUT2D eigenvalue weighted by molar-refractivity contribution is 7.89. The molecule has 3 aromatic heterocycles. The standard InChI is InChI=1S/C28H37N5O3S2/c1-19-22(17-32-13-9-28(7-8-28)10-14-32)24-25(37-19)23(30-27(31-24)33-11-5-4-6-12-33)20-15-21(18-38(3,34)35)26(36-2)29-16-20/h15-16H,4-14,17-18H2,1-3H3. The van der Waals surface area contributed by atoms with Gasteiger partial charge in [0.2, 0.25) is 11.8 Å². The Hall–Kier alpha value is -2.30. The first-order valence-corrected chi connectivity index (χ1v) is 16.6. The fourth-order valence-corrected chi connectivity index (χ4v) is 7.91. The van der Waals surface area contributed by atoms with Crippen molar-refractivity contribution in [2.24, 2.45) is 5.41 Å². The molecule has 3 fully saturated rings. The molecule has 38 heavy (non-hydrogen) atoms. The number of fused-ring (bicyclic) bond motifs is 1. The molecule has 0 aromatic carbocycles. The highest BCUT2D eigenvalue weighted by Crippen LogP contribution is 2.53. The molecule has 6 rings (SSSR count). The lowest BCUT2D eigenvalue weighted by Gasteiger charge is -2.32. The van der Waals surface area contributed by atoms with Crippen molar-refractivity contribution in [3.8, 4) is 17.1 Å². The van der Waals surface area contributed by atoms with Gasteiger partial charge in [0.15, 0.2) is 9.84 Å². The van der Waals surface area contributed by atoms with E-state index < -0.39 is 9.84 Å².